The fourth-order valence-electron chi connectivity index (χ4n) is 2.23. The second kappa shape index (κ2) is 7.05. The van der Waals surface area contributed by atoms with Gasteiger partial charge in [0.1, 0.15) is 11.6 Å². The maximum absolute atomic E-state index is 13.7. The van der Waals surface area contributed by atoms with Gasteiger partial charge in [-0.2, -0.15) is 0 Å². The molecule has 0 bridgehead atoms. The van der Waals surface area contributed by atoms with E-state index in [0.29, 0.717) is 12.1 Å². The first-order valence-corrected chi connectivity index (χ1v) is 7.62. The number of hydrogen-bond acceptors (Lipinski definition) is 2. The highest BCUT2D eigenvalue weighted by Crippen LogP contribution is 2.26. The van der Waals surface area contributed by atoms with Crippen LogP contribution in [0.3, 0.4) is 0 Å². The molecule has 21 heavy (non-hydrogen) atoms. The van der Waals surface area contributed by atoms with Crippen LogP contribution in [0.25, 0.3) is 0 Å². The SMILES string of the molecule is COc1cc(C)ccc1C(C)NCc1cc(Br)ccc1F. The number of nitrogens with one attached hydrogen (secondary N) is 1. The lowest BCUT2D eigenvalue weighted by Crippen LogP contribution is -2.19. The highest BCUT2D eigenvalue weighted by molar-refractivity contribution is 9.10. The van der Waals surface area contributed by atoms with Crippen molar-refractivity contribution in [2.45, 2.75) is 26.4 Å². The van der Waals surface area contributed by atoms with E-state index in [1.165, 1.54) is 6.07 Å². The third-order valence-electron chi connectivity index (χ3n) is 3.46. The highest BCUT2D eigenvalue weighted by atomic mass is 79.9. The van der Waals surface area contributed by atoms with Crippen LogP contribution in [-0.2, 0) is 6.54 Å². The molecule has 0 saturated heterocycles. The Balaban J connectivity index is 2.11. The molecule has 0 radical (unpaired) electrons. The number of hydrogen-bond donors (Lipinski definition) is 1. The Kier molecular flexibility index (Phi) is 5.37. The molecule has 2 aromatic rings. The normalized spacial score (nSPS) is 12.2. The molecule has 2 aromatic carbocycles. The minimum Gasteiger partial charge on any atom is -0.496 e. The predicted molar refractivity (Wildman–Crippen MR) is 87.1 cm³/mol. The summed E-state index contributed by atoms with van der Waals surface area (Å²) in [5.74, 6) is 0.651. The molecule has 0 aliphatic carbocycles. The van der Waals surface area contributed by atoms with Gasteiger partial charge in [-0.05, 0) is 43.7 Å². The van der Waals surface area contributed by atoms with Crippen LogP contribution in [0.2, 0.25) is 0 Å². The lowest BCUT2D eigenvalue weighted by Gasteiger charge is -2.18. The first-order chi connectivity index (χ1) is 10.0. The maximum Gasteiger partial charge on any atom is 0.127 e. The molecule has 1 atom stereocenters. The number of benzene rings is 2. The van der Waals surface area contributed by atoms with Gasteiger partial charge in [-0.1, -0.05) is 28.1 Å². The average molecular weight is 352 g/mol. The molecule has 0 aromatic heterocycles. The van der Waals surface area contributed by atoms with E-state index in [4.69, 9.17) is 4.74 Å². The fraction of sp³-hybridized carbons (Fsp3) is 0.294. The summed E-state index contributed by atoms with van der Waals surface area (Å²) in [7, 11) is 1.67. The third-order valence-corrected chi connectivity index (χ3v) is 3.96. The van der Waals surface area contributed by atoms with Gasteiger partial charge in [0.15, 0.2) is 0 Å². The second-order valence-electron chi connectivity index (χ2n) is 5.08. The first kappa shape index (κ1) is 16.0. The van der Waals surface area contributed by atoms with Crippen LogP contribution in [-0.4, -0.2) is 7.11 Å². The summed E-state index contributed by atoms with van der Waals surface area (Å²) in [6.07, 6.45) is 0. The zero-order valence-electron chi connectivity index (χ0n) is 12.4. The van der Waals surface area contributed by atoms with Gasteiger partial charge in [0.05, 0.1) is 7.11 Å². The van der Waals surface area contributed by atoms with E-state index in [9.17, 15) is 4.39 Å². The van der Waals surface area contributed by atoms with E-state index in [1.54, 1.807) is 19.2 Å². The van der Waals surface area contributed by atoms with Crippen LogP contribution in [0.5, 0.6) is 5.75 Å². The van der Waals surface area contributed by atoms with Crippen LogP contribution in [0.15, 0.2) is 40.9 Å². The topological polar surface area (TPSA) is 21.3 Å². The van der Waals surface area contributed by atoms with Crippen LogP contribution >= 0.6 is 15.9 Å². The molecule has 0 spiro atoms. The summed E-state index contributed by atoms with van der Waals surface area (Å²) < 4.78 is 20.0. The van der Waals surface area contributed by atoms with Crippen LogP contribution in [0.4, 0.5) is 4.39 Å². The largest absolute Gasteiger partial charge is 0.496 e. The lowest BCUT2D eigenvalue weighted by atomic mass is 10.0. The Morgan fingerprint density at radius 2 is 2.00 bits per heavy atom. The predicted octanol–water partition coefficient (Wildman–Crippen LogP) is 4.76. The molecule has 1 unspecified atom stereocenters. The summed E-state index contributed by atoms with van der Waals surface area (Å²) in [5.41, 5.74) is 2.86. The van der Waals surface area contributed by atoms with Gasteiger partial charge in [-0.25, -0.2) is 4.39 Å². The molecule has 0 saturated carbocycles. The van der Waals surface area contributed by atoms with Crippen molar-refractivity contribution in [2.75, 3.05) is 7.11 Å². The van der Waals surface area contributed by atoms with Crippen molar-refractivity contribution in [1.82, 2.24) is 5.32 Å². The molecule has 2 nitrogen and oxygen atoms in total. The van der Waals surface area contributed by atoms with E-state index in [0.717, 1.165) is 21.3 Å². The fourth-order valence-corrected chi connectivity index (χ4v) is 2.64. The van der Waals surface area contributed by atoms with Crippen LogP contribution in [0, 0.1) is 12.7 Å². The summed E-state index contributed by atoms with van der Waals surface area (Å²) in [4.78, 5) is 0. The van der Waals surface area contributed by atoms with Crippen molar-refractivity contribution in [3.05, 3.63) is 63.4 Å². The summed E-state index contributed by atoms with van der Waals surface area (Å²) in [6.45, 7) is 4.54. The standard InChI is InChI=1S/C17H19BrFNO/c1-11-4-6-15(17(8-11)21-3)12(2)20-10-13-9-14(18)5-7-16(13)19/h4-9,12,20H,10H2,1-3H3. The van der Waals surface area contributed by atoms with Gasteiger partial charge >= 0.3 is 0 Å². The molecule has 0 aliphatic heterocycles. The quantitative estimate of drug-likeness (QED) is 0.838. The lowest BCUT2D eigenvalue weighted by molar-refractivity contribution is 0.401. The molecule has 0 heterocycles. The molecule has 0 amide bonds. The Labute approximate surface area is 133 Å². The average Bonchev–Trinajstić information content (AvgIpc) is 2.47. The van der Waals surface area contributed by atoms with Crippen LogP contribution < -0.4 is 10.1 Å². The maximum atomic E-state index is 13.7. The number of methoxy groups -OCH3 is 1. The van der Waals surface area contributed by atoms with Gasteiger partial charge in [-0.15, -0.1) is 0 Å². The summed E-state index contributed by atoms with van der Waals surface area (Å²) in [5, 5.41) is 3.34. The molecule has 112 valence electrons. The summed E-state index contributed by atoms with van der Waals surface area (Å²) in [6, 6.07) is 11.1. The molecular weight excluding hydrogens is 333 g/mol. The third kappa shape index (κ3) is 4.05. The highest BCUT2D eigenvalue weighted by Gasteiger charge is 2.12. The smallest absolute Gasteiger partial charge is 0.127 e. The Hall–Kier alpha value is -1.39. The molecular formula is C17H19BrFNO. The number of halogens is 2. The Morgan fingerprint density at radius 3 is 2.71 bits per heavy atom. The Morgan fingerprint density at radius 1 is 1.24 bits per heavy atom. The number of rotatable bonds is 5. The molecule has 1 N–H and O–H groups in total. The van der Waals surface area contributed by atoms with Gasteiger partial charge in [0, 0.05) is 28.2 Å². The van der Waals surface area contributed by atoms with Crippen molar-refractivity contribution in [3.8, 4) is 5.75 Å². The van der Waals surface area contributed by atoms with Crippen molar-refractivity contribution in [3.63, 3.8) is 0 Å². The number of aryl methyl sites for hydroxylation is 1. The molecule has 4 heteroatoms. The van der Waals surface area contributed by atoms with Crippen molar-refractivity contribution < 1.29 is 9.13 Å². The van der Waals surface area contributed by atoms with Gasteiger partial charge in [0.25, 0.3) is 0 Å². The van der Waals surface area contributed by atoms with Crippen molar-refractivity contribution in [1.29, 1.82) is 0 Å². The van der Waals surface area contributed by atoms with E-state index in [1.807, 2.05) is 26.0 Å². The van der Waals surface area contributed by atoms with E-state index >= 15 is 0 Å². The van der Waals surface area contributed by atoms with Gasteiger partial charge in [-0.3, -0.25) is 0 Å². The van der Waals surface area contributed by atoms with E-state index < -0.39 is 0 Å². The monoisotopic (exact) mass is 351 g/mol. The van der Waals surface area contributed by atoms with Crippen LogP contribution in [0.1, 0.15) is 29.7 Å². The zero-order chi connectivity index (χ0) is 15.4. The summed E-state index contributed by atoms with van der Waals surface area (Å²) >= 11 is 3.36. The molecule has 0 aliphatic rings. The zero-order valence-corrected chi connectivity index (χ0v) is 14.0. The molecule has 2 rings (SSSR count). The minimum atomic E-state index is -0.200. The van der Waals surface area contributed by atoms with Crippen molar-refractivity contribution in [2.24, 2.45) is 0 Å². The second-order valence-corrected chi connectivity index (χ2v) is 6.00. The Bertz CT molecular complexity index is 630. The number of ether oxygens (including phenoxy) is 1. The van der Waals surface area contributed by atoms with E-state index in [-0.39, 0.29) is 11.9 Å². The van der Waals surface area contributed by atoms with Crippen molar-refractivity contribution >= 4 is 15.9 Å². The van der Waals surface area contributed by atoms with E-state index in [2.05, 4.69) is 27.3 Å². The minimum absolute atomic E-state index is 0.0685. The van der Waals surface area contributed by atoms with Gasteiger partial charge in [0.2, 0.25) is 0 Å². The molecule has 0 fully saturated rings. The first-order valence-electron chi connectivity index (χ1n) is 6.83. The van der Waals surface area contributed by atoms with Gasteiger partial charge < -0.3 is 10.1 Å².